The van der Waals surface area contributed by atoms with E-state index in [1.807, 2.05) is 0 Å². The highest BCUT2D eigenvalue weighted by molar-refractivity contribution is 7.92. The second-order valence-corrected chi connectivity index (χ2v) is 10.5. The summed E-state index contributed by atoms with van der Waals surface area (Å²) >= 11 is 0. The molecule has 180 valence electrons. The van der Waals surface area contributed by atoms with Gasteiger partial charge >= 0.3 is 12.0 Å². The molecule has 11 heteroatoms. The lowest BCUT2D eigenvalue weighted by Crippen LogP contribution is -2.49. The van der Waals surface area contributed by atoms with Crippen LogP contribution in [0.1, 0.15) is 56.3 Å². The van der Waals surface area contributed by atoms with Crippen molar-refractivity contribution in [3.8, 4) is 0 Å². The molecule has 1 aliphatic carbocycles. The first-order chi connectivity index (χ1) is 15.4. The average Bonchev–Trinajstić information content (AvgIpc) is 2.97. The lowest BCUT2D eigenvalue weighted by atomic mass is 9.75. The number of esters is 1. The molecule has 0 aromatic heterocycles. The Morgan fingerprint density at radius 1 is 1.21 bits per heavy atom. The van der Waals surface area contributed by atoms with Gasteiger partial charge in [-0.15, -0.1) is 0 Å². The minimum Gasteiger partial charge on any atom is -0.453 e. The number of sulfonamides is 1. The molecule has 1 aliphatic heterocycles. The third-order valence-corrected chi connectivity index (χ3v) is 6.83. The van der Waals surface area contributed by atoms with Crippen molar-refractivity contribution in [2.45, 2.75) is 57.6 Å². The van der Waals surface area contributed by atoms with Gasteiger partial charge in [0.25, 0.3) is 5.91 Å². The van der Waals surface area contributed by atoms with Crippen LogP contribution in [0, 0.1) is 5.92 Å². The van der Waals surface area contributed by atoms with Crippen LogP contribution >= 0.6 is 0 Å². The number of benzene rings is 1. The van der Waals surface area contributed by atoms with Crippen molar-refractivity contribution in [2.24, 2.45) is 5.92 Å². The van der Waals surface area contributed by atoms with E-state index in [-0.39, 0.29) is 5.56 Å². The number of imide groups is 1. The fraction of sp³-hybridized carbons (Fsp3) is 0.545. The normalized spacial score (nSPS) is 23.8. The van der Waals surface area contributed by atoms with Crippen molar-refractivity contribution in [1.82, 2.24) is 10.2 Å². The topological polar surface area (TPSA) is 139 Å². The number of hydrogen-bond acceptors (Lipinski definition) is 7. The standard InChI is InChI=1S/C22H29N3O7S/c1-4-15-9-11-22(12-10-15)20(28)25(21(29)23-22)13-18(26)32-14(2)19(27)16-5-7-17(8-6-16)24-33(3,30)31/h5-8,14-15,24H,4,9-13H2,1-3H3,(H,23,29). The Balaban J connectivity index is 1.57. The molecule has 3 rings (SSSR count). The molecule has 0 bridgehead atoms. The monoisotopic (exact) mass is 479 g/mol. The Hall–Kier alpha value is -2.95. The van der Waals surface area contributed by atoms with Gasteiger partial charge in [-0.05, 0) is 62.8 Å². The molecular formula is C22H29N3O7S. The van der Waals surface area contributed by atoms with Gasteiger partial charge in [-0.3, -0.25) is 24.0 Å². The summed E-state index contributed by atoms with van der Waals surface area (Å²) in [5.74, 6) is -1.26. The molecule has 1 aromatic carbocycles. The minimum atomic E-state index is -3.45. The summed E-state index contributed by atoms with van der Waals surface area (Å²) in [6.07, 6.45) is 3.64. The molecule has 1 saturated carbocycles. The quantitative estimate of drug-likeness (QED) is 0.330. The number of nitrogens with one attached hydrogen (secondary N) is 2. The van der Waals surface area contributed by atoms with Crippen molar-refractivity contribution in [2.75, 3.05) is 17.5 Å². The Kier molecular flexibility index (Phi) is 7.11. The van der Waals surface area contributed by atoms with E-state index < -0.39 is 51.9 Å². The first kappa shape index (κ1) is 24.7. The van der Waals surface area contributed by atoms with Gasteiger partial charge in [0, 0.05) is 11.3 Å². The number of anilines is 1. The molecule has 0 radical (unpaired) electrons. The van der Waals surface area contributed by atoms with Gasteiger partial charge < -0.3 is 10.1 Å². The molecule has 1 unspecified atom stereocenters. The van der Waals surface area contributed by atoms with Crippen LogP contribution in [0.15, 0.2) is 24.3 Å². The number of amides is 3. The van der Waals surface area contributed by atoms with Crippen LogP contribution in [0.5, 0.6) is 0 Å². The maximum atomic E-state index is 12.9. The molecule has 1 saturated heterocycles. The Morgan fingerprint density at radius 2 is 1.82 bits per heavy atom. The number of Topliss-reactive ketones (excluding diaryl/α,β-unsaturated/α-hetero) is 1. The second-order valence-electron chi connectivity index (χ2n) is 8.70. The summed E-state index contributed by atoms with van der Waals surface area (Å²) in [5.41, 5.74) is -0.443. The van der Waals surface area contributed by atoms with Crippen molar-refractivity contribution in [3.05, 3.63) is 29.8 Å². The van der Waals surface area contributed by atoms with E-state index in [0.29, 0.717) is 24.4 Å². The summed E-state index contributed by atoms with van der Waals surface area (Å²) in [7, 11) is -3.45. The van der Waals surface area contributed by atoms with Crippen LogP contribution in [-0.4, -0.2) is 61.5 Å². The summed E-state index contributed by atoms with van der Waals surface area (Å²) in [6.45, 7) is 2.92. The predicted octanol–water partition coefficient (Wildman–Crippen LogP) is 2.06. The zero-order valence-corrected chi connectivity index (χ0v) is 19.7. The SMILES string of the molecule is CCC1CCC2(CC1)NC(=O)N(CC(=O)OC(C)C(=O)c1ccc(NS(C)(=O)=O)cc1)C2=O. The van der Waals surface area contributed by atoms with E-state index >= 15 is 0 Å². The highest BCUT2D eigenvalue weighted by atomic mass is 32.2. The number of ether oxygens (including phenoxy) is 1. The highest BCUT2D eigenvalue weighted by Gasteiger charge is 2.52. The third kappa shape index (κ3) is 5.70. The fourth-order valence-corrected chi connectivity index (χ4v) is 4.87. The van der Waals surface area contributed by atoms with Gasteiger partial charge in [0.2, 0.25) is 15.8 Å². The van der Waals surface area contributed by atoms with E-state index in [1.165, 1.54) is 31.2 Å². The maximum Gasteiger partial charge on any atom is 0.326 e. The Morgan fingerprint density at radius 3 is 2.36 bits per heavy atom. The van der Waals surface area contributed by atoms with Crippen molar-refractivity contribution < 1.29 is 32.3 Å². The zero-order chi connectivity index (χ0) is 24.4. The van der Waals surface area contributed by atoms with Gasteiger partial charge in [-0.25, -0.2) is 13.2 Å². The summed E-state index contributed by atoms with van der Waals surface area (Å²) in [5, 5.41) is 2.76. The van der Waals surface area contributed by atoms with E-state index in [1.54, 1.807) is 0 Å². The predicted molar refractivity (Wildman–Crippen MR) is 120 cm³/mol. The number of carbonyl (C=O) groups is 4. The molecular weight excluding hydrogens is 450 g/mol. The van der Waals surface area contributed by atoms with Crippen LogP contribution < -0.4 is 10.0 Å². The van der Waals surface area contributed by atoms with Gasteiger partial charge in [-0.1, -0.05) is 13.3 Å². The van der Waals surface area contributed by atoms with E-state index in [9.17, 15) is 27.6 Å². The largest absolute Gasteiger partial charge is 0.453 e. The van der Waals surface area contributed by atoms with Crippen LogP contribution in [0.25, 0.3) is 0 Å². The maximum absolute atomic E-state index is 12.9. The van der Waals surface area contributed by atoms with Crippen molar-refractivity contribution >= 4 is 39.4 Å². The molecule has 2 N–H and O–H groups in total. The minimum absolute atomic E-state index is 0.218. The van der Waals surface area contributed by atoms with E-state index in [2.05, 4.69) is 17.0 Å². The van der Waals surface area contributed by atoms with E-state index in [4.69, 9.17) is 4.74 Å². The molecule has 3 amide bonds. The van der Waals surface area contributed by atoms with Crippen LogP contribution in [0.4, 0.5) is 10.5 Å². The zero-order valence-electron chi connectivity index (χ0n) is 18.9. The molecule has 1 spiro atoms. The summed E-state index contributed by atoms with van der Waals surface area (Å²) in [6, 6.07) is 5.04. The van der Waals surface area contributed by atoms with Crippen molar-refractivity contribution in [3.63, 3.8) is 0 Å². The lowest BCUT2D eigenvalue weighted by Gasteiger charge is -2.34. The summed E-state index contributed by atoms with van der Waals surface area (Å²) in [4.78, 5) is 51.1. The lowest BCUT2D eigenvalue weighted by molar-refractivity contribution is -0.150. The number of hydrogen-bond donors (Lipinski definition) is 2. The van der Waals surface area contributed by atoms with Crippen LogP contribution in [0.2, 0.25) is 0 Å². The molecule has 2 fully saturated rings. The number of carbonyl (C=O) groups excluding carboxylic acids is 4. The number of nitrogens with zero attached hydrogens (tertiary/aromatic N) is 1. The third-order valence-electron chi connectivity index (χ3n) is 6.22. The molecule has 1 aromatic rings. The van der Waals surface area contributed by atoms with Gasteiger partial charge in [0.1, 0.15) is 12.1 Å². The summed E-state index contributed by atoms with van der Waals surface area (Å²) < 4.78 is 30.0. The molecule has 2 aliphatic rings. The van der Waals surface area contributed by atoms with Gasteiger partial charge in [0.15, 0.2) is 6.10 Å². The smallest absolute Gasteiger partial charge is 0.326 e. The first-order valence-electron chi connectivity index (χ1n) is 10.9. The number of ketones is 1. The van der Waals surface area contributed by atoms with Crippen molar-refractivity contribution in [1.29, 1.82) is 0 Å². The molecule has 1 heterocycles. The van der Waals surface area contributed by atoms with Crippen LogP contribution in [-0.2, 0) is 24.3 Å². The molecule has 1 atom stereocenters. The average molecular weight is 480 g/mol. The van der Waals surface area contributed by atoms with Gasteiger partial charge in [0.05, 0.1) is 6.26 Å². The first-order valence-corrected chi connectivity index (χ1v) is 12.8. The Bertz CT molecular complexity index is 1040. The van der Waals surface area contributed by atoms with Gasteiger partial charge in [-0.2, -0.15) is 0 Å². The van der Waals surface area contributed by atoms with Crippen LogP contribution in [0.3, 0.4) is 0 Å². The molecule has 10 nitrogen and oxygen atoms in total. The Labute approximate surface area is 193 Å². The number of urea groups is 1. The highest BCUT2D eigenvalue weighted by Crippen LogP contribution is 2.37. The second kappa shape index (κ2) is 9.50. The fourth-order valence-electron chi connectivity index (χ4n) is 4.31. The number of rotatable bonds is 8. The molecule has 33 heavy (non-hydrogen) atoms. The van der Waals surface area contributed by atoms with E-state index in [0.717, 1.165) is 30.4 Å².